The van der Waals surface area contributed by atoms with Gasteiger partial charge in [-0.3, -0.25) is 9.69 Å². The fourth-order valence-corrected chi connectivity index (χ4v) is 5.67. The van der Waals surface area contributed by atoms with E-state index in [1.165, 1.54) is 16.7 Å². The number of amides is 1. The van der Waals surface area contributed by atoms with Gasteiger partial charge in [0, 0.05) is 31.1 Å². The Balaban J connectivity index is 1.39. The van der Waals surface area contributed by atoms with Gasteiger partial charge in [-0.15, -0.1) is 0 Å². The fourth-order valence-electron chi connectivity index (χ4n) is 5.67. The highest BCUT2D eigenvalue weighted by Gasteiger charge is 2.30. The number of likely N-dealkylation sites (N-methyl/N-ethyl adjacent to an activating group) is 1. The number of hydrogen-bond acceptors (Lipinski definition) is 4. The molecule has 1 amide bonds. The molecule has 1 heterocycles. The molecule has 5 heteroatoms. The van der Waals surface area contributed by atoms with Crippen molar-refractivity contribution in [2.75, 3.05) is 26.7 Å². The van der Waals surface area contributed by atoms with Crippen molar-refractivity contribution in [1.29, 1.82) is 0 Å². The molecule has 4 aromatic rings. The second-order valence-corrected chi connectivity index (χ2v) is 11.3. The minimum absolute atomic E-state index is 0.0493. The lowest BCUT2D eigenvalue weighted by molar-refractivity contribution is -0.0241. The summed E-state index contributed by atoms with van der Waals surface area (Å²) in [5.41, 5.74) is 7.28. The number of carbonyl (C=O) groups excluding carboxylic acids is 1. The quantitative estimate of drug-likeness (QED) is 0.286. The molecule has 0 aromatic heterocycles. The average Bonchev–Trinajstić information content (AvgIpc) is 3.03. The summed E-state index contributed by atoms with van der Waals surface area (Å²) < 4.78 is 6.67. The molecule has 1 aliphatic rings. The second kappa shape index (κ2) is 13.3. The van der Waals surface area contributed by atoms with Crippen molar-refractivity contribution in [3.63, 3.8) is 0 Å². The van der Waals surface area contributed by atoms with Gasteiger partial charge in [-0.2, -0.15) is 0 Å². The molecule has 41 heavy (non-hydrogen) atoms. The Morgan fingerprint density at radius 3 is 2.17 bits per heavy atom. The standard InChI is InChI=1S/C36H40N2O3/c1-26-21-38(27(2)24-39)36(40)34-16-10-9-15-33(34)32-14-8-7-13-31(32)25-41-35(26)23-37(3)22-28-17-19-30(20-18-28)29-11-5-4-6-12-29/h4-20,26-27,35,39H,21-25H2,1-3H3/t26-,27+,35-/m1/s1. The monoisotopic (exact) mass is 548 g/mol. The van der Waals surface area contributed by atoms with Gasteiger partial charge in [-0.05, 0) is 53.4 Å². The largest absolute Gasteiger partial charge is 0.394 e. The lowest BCUT2D eigenvalue weighted by Crippen LogP contribution is -2.47. The molecule has 1 N–H and O–H groups in total. The van der Waals surface area contributed by atoms with Crippen molar-refractivity contribution < 1.29 is 14.6 Å². The zero-order valence-corrected chi connectivity index (χ0v) is 24.2. The Morgan fingerprint density at radius 2 is 1.46 bits per heavy atom. The summed E-state index contributed by atoms with van der Waals surface area (Å²) >= 11 is 0. The molecule has 1 aliphatic heterocycles. The first-order valence-electron chi connectivity index (χ1n) is 14.5. The van der Waals surface area contributed by atoms with Crippen LogP contribution in [0.15, 0.2) is 103 Å². The van der Waals surface area contributed by atoms with Gasteiger partial charge < -0.3 is 14.7 Å². The van der Waals surface area contributed by atoms with Crippen LogP contribution in [-0.2, 0) is 17.9 Å². The van der Waals surface area contributed by atoms with Gasteiger partial charge in [0.1, 0.15) is 0 Å². The molecule has 0 fully saturated rings. The molecule has 5 nitrogen and oxygen atoms in total. The van der Waals surface area contributed by atoms with Crippen molar-refractivity contribution >= 4 is 5.91 Å². The molecule has 5 rings (SSSR count). The van der Waals surface area contributed by atoms with Crippen molar-refractivity contribution in [2.24, 2.45) is 5.92 Å². The van der Waals surface area contributed by atoms with Gasteiger partial charge >= 0.3 is 0 Å². The summed E-state index contributed by atoms with van der Waals surface area (Å²) in [6, 6.07) is 34.8. The Hall–Kier alpha value is -3.77. The van der Waals surface area contributed by atoms with E-state index in [1.54, 1.807) is 0 Å². The maximum absolute atomic E-state index is 14.0. The summed E-state index contributed by atoms with van der Waals surface area (Å²) in [7, 11) is 2.12. The van der Waals surface area contributed by atoms with Crippen LogP contribution in [0, 0.1) is 5.92 Å². The van der Waals surface area contributed by atoms with Crippen LogP contribution in [0.5, 0.6) is 0 Å². The third-order valence-electron chi connectivity index (χ3n) is 8.10. The van der Waals surface area contributed by atoms with Gasteiger partial charge in [0.25, 0.3) is 5.91 Å². The smallest absolute Gasteiger partial charge is 0.254 e. The second-order valence-electron chi connectivity index (χ2n) is 11.3. The summed E-state index contributed by atoms with van der Waals surface area (Å²) in [4.78, 5) is 18.1. The minimum atomic E-state index is -0.310. The summed E-state index contributed by atoms with van der Waals surface area (Å²) in [6.07, 6.45) is -0.112. The minimum Gasteiger partial charge on any atom is -0.394 e. The highest BCUT2D eigenvalue weighted by molar-refractivity contribution is 6.01. The van der Waals surface area contributed by atoms with Gasteiger partial charge in [-0.25, -0.2) is 0 Å². The highest BCUT2D eigenvalue weighted by Crippen LogP contribution is 2.31. The van der Waals surface area contributed by atoms with Crippen LogP contribution in [0.2, 0.25) is 0 Å². The lowest BCUT2D eigenvalue weighted by atomic mass is 9.94. The predicted molar refractivity (Wildman–Crippen MR) is 165 cm³/mol. The average molecular weight is 549 g/mol. The molecule has 0 spiro atoms. The van der Waals surface area contributed by atoms with Gasteiger partial charge in [0.15, 0.2) is 0 Å². The molecule has 3 atom stereocenters. The van der Waals surface area contributed by atoms with Crippen molar-refractivity contribution in [1.82, 2.24) is 9.80 Å². The Labute approximate surface area is 244 Å². The fraction of sp³-hybridized carbons (Fsp3) is 0.306. The van der Waals surface area contributed by atoms with Crippen LogP contribution in [0.25, 0.3) is 22.3 Å². The van der Waals surface area contributed by atoms with E-state index in [9.17, 15) is 9.90 Å². The first-order valence-corrected chi connectivity index (χ1v) is 14.5. The van der Waals surface area contributed by atoms with E-state index in [0.717, 1.165) is 23.2 Å². The third-order valence-corrected chi connectivity index (χ3v) is 8.10. The summed E-state index contributed by atoms with van der Waals surface area (Å²) in [5.74, 6) is -0.00963. The third kappa shape index (κ3) is 6.76. The van der Waals surface area contributed by atoms with Crippen molar-refractivity contribution in [3.8, 4) is 22.3 Å². The van der Waals surface area contributed by atoms with E-state index in [1.807, 2.05) is 54.3 Å². The normalized spacial score (nSPS) is 18.4. The highest BCUT2D eigenvalue weighted by atomic mass is 16.5. The molecule has 212 valence electrons. The molecular weight excluding hydrogens is 508 g/mol. The summed E-state index contributed by atoms with van der Waals surface area (Å²) in [5, 5.41) is 10.1. The van der Waals surface area contributed by atoms with E-state index >= 15 is 0 Å². The van der Waals surface area contributed by atoms with Crippen molar-refractivity contribution in [2.45, 2.75) is 39.1 Å². The molecule has 4 aromatic carbocycles. The number of rotatable bonds is 7. The molecule has 0 bridgehead atoms. The number of aliphatic hydroxyl groups excluding tert-OH is 1. The van der Waals surface area contributed by atoms with E-state index in [-0.39, 0.29) is 30.6 Å². The number of nitrogens with zero attached hydrogens (tertiary/aromatic N) is 2. The predicted octanol–water partition coefficient (Wildman–Crippen LogP) is 6.51. The van der Waals surface area contributed by atoms with Gasteiger partial charge in [0.05, 0.1) is 25.4 Å². The molecule has 0 saturated carbocycles. The maximum Gasteiger partial charge on any atom is 0.254 e. The molecule has 0 saturated heterocycles. The van der Waals surface area contributed by atoms with E-state index in [0.29, 0.717) is 25.3 Å². The number of fused-ring (bicyclic) bond motifs is 3. The molecule has 0 radical (unpaired) electrons. The van der Waals surface area contributed by atoms with Crippen molar-refractivity contribution in [3.05, 3.63) is 120 Å². The Kier molecular flexibility index (Phi) is 9.30. The van der Waals surface area contributed by atoms with Crippen LogP contribution in [-0.4, -0.2) is 59.7 Å². The SMILES string of the molecule is C[C@@H]1CN([C@@H](C)CO)C(=O)c2ccccc2-c2ccccc2CO[C@@H]1CN(C)Cc1ccc(-c2ccccc2)cc1. The zero-order chi connectivity index (χ0) is 28.8. The lowest BCUT2D eigenvalue weighted by Gasteiger charge is -2.35. The first-order chi connectivity index (χ1) is 19.9. The van der Waals surface area contributed by atoms with Gasteiger partial charge in [-0.1, -0.05) is 104 Å². The Bertz CT molecular complexity index is 1440. The number of aliphatic hydroxyl groups is 1. The number of carbonyl (C=O) groups is 1. The maximum atomic E-state index is 14.0. The molecular formula is C36H40N2O3. The first kappa shape index (κ1) is 28.7. The topological polar surface area (TPSA) is 53.0 Å². The zero-order valence-electron chi connectivity index (χ0n) is 24.2. The van der Waals surface area contributed by atoms with E-state index < -0.39 is 0 Å². The number of benzene rings is 4. The van der Waals surface area contributed by atoms with Gasteiger partial charge in [0.2, 0.25) is 0 Å². The molecule has 0 aliphatic carbocycles. The van der Waals surface area contributed by atoms with Crippen LogP contribution in [0.4, 0.5) is 0 Å². The number of hydrogen-bond donors (Lipinski definition) is 1. The van der Waals surface area contributed by atoms with Crippen LogP contribution >= 0.6 is 0 Å². The van der Waals surface area contributed by atoms with E-state index in [4.69, 9.17) is 4.74 Å². The summed E-state index contributed by atoms with van der Waals surface area (Å²) in [6.45, 7) is 6.42. The van der Waals surface area contributed by atoms with Crippen LogP contribution < -0.4 is 0 Å². The van der Waals surface area contributed by atoms with E-state index in [2.05, 4.69) is 79.5 Å². The number of ether oxygens (including phenoxy) is 1. The van der Waals surface area contributed by atoms with Crippen LogP contribution in [0.1, 0.15) is 35.3 Å². The van der Waals surface area contributed by atoms with Crippen LogP contribution in [0.3, 0.4) is 0 Å². The Morgan fingerprint density at radius 1 is 0.854 bits per heavy atom. The molecule has 0 unspecified atom stereocenters.